The van der Waals surface area contributed by atoms with Crippen LogP contribution in [0.3, 0.4) is 0 Å². The highest BCUT2D eigenvalue weighted by atomic mass is 19.1. The summed E-state index contributed by atoms with van der Waals surface area (Å²) in [6.07, 6.45) is -0.200. The summed E-state index contributed by atoms with van der Waals surface area (Å²) in [5, 5.41) is 8.39. The lowest BCUT2D eigenvalue weighted by Gasteiger charge is -2.00. The van der Waals surface area contributed by atoms with Gasteiger partial charge in [-0.15, -0.1) is 0 Å². The van der Waals surface area contributed by atoms with Crippen LogP contribution < -0.4 is 0 Å². The third kappa shape index (κ3) is 3.50. The van der Waals surface area contributed by atoms with Gasteiger partial charge >= 0.3 is 5.97 Å². The first kappa shape index (κ1) is 11.4. The van der Waals surface area contributed by atoms with Gasteiger partial charge in [0.1, 0.15) is 6.67 Å². The van der Waals surface area contributed by atoms with E-state index in [1.54, 1.807) is 0 Å². The van der Waals surface area contributed by atoms with Crippen LogP contribution in [0.1, 0.15) is 28.8 Å². The molecule has 1 rings (SSSR count). The lowest BCUT2D eigenvalue weighted by Crippen LogP contribution is -2.03. The molecule has 15 heavy (non-hydrogen) atoms. The Labute approximate surface area is 86.5 Å². The van der Waals surface area contributed by atoms with Gasteiger partial charge in [0.15, 0.2) is 5.78 Å². The number of carbonyl (C=O) groups excluding carboxylic acids is 1. The van der Waals surface area contributed by atoms with Crippen LogP contribution in [0.15, 0.2) is 24.3 Å². The molecule has 0 saturated heterocycles. The summed E-state index contributed by atoms with van der Waals surface area (Å²) in [5.41, 5.74) is 0.929. The highest BCUT2D eigenvalue weighted by molar-refractivity contribution is 5.97. The monoisotopic (exact) mass is 210 g/mol. The normalized spacial score (nSPS) is 9.93. The average molecular weight is 210 g/mol. The predicted octanol–water partition coefficient (Wildman–Crippen LogP) is 2.20. The van der Waals surface area contributed by atoms with Crippen LogP contribution in [0.5, 0.6) is 0 Å². The zero-order chi connectivity index (χ0) is 11.3. The molecule has 0 fully saturated rings. The SMILES string of the molecule is O=C(O)CCC(=O)c1ccc(CF)cc1. The number of carboxylic acid groups (broad SMARTS) is 1. The highest BCUT2D eigenvalue weighted by Gasteiger charge is 2.07. The largest absolute Gasteiger partial charge is 0.481 e. The van der Waals surface area contributed by atoms with Crippen molar-refractivity contribution in [2.45, 2.75) is 19.5 Å². The van der Waals surface area contributed by atoms with Crippen LogP contribution in [0.2, 0.25) is 0 Å². The van der Waals surface area contributed by atoms with E-state index < -0.39 is 12.6 Å². The van der Waals surface area contributed by atoms with E-state index in [2.05, 4.69) is 0 Å². The molecular weight excluding hydrogens is 199 g/mol. The van der Waals surface area contributed by atoms with E-state index in [-0.39, 0.29) is 18.6 Å². The number of carbonyl (C=O) groups is 2. The zero-order valence-electron chi connectivity index (χ0n) is 8.07. The summed E-state index contributed by atoms with van der Waals surface area (Å²) in [7, 11) is 0. The molecule has 0 radical (unpaired) electrons. The fourth-order valence-corrected chi connectivity index (χ4v) is 1.14. The van der Waals surface area contributed by atoms with Crippen molar-refractivity contribution in [3.8, 4) is 0 Å². The fourth-order valence-electron chi connectivity index (χ4n) is 1.14. The summed E-state index contributed by atoms with van der Waals surface area (Å²) >= 11 is 0. The number of hydrogen-bond acceptors (Lipinski definition) is 2. The number of benzene rings is 1. The maximum Gasteiger partial charge on any atom is 0.303 e. The van der Waals surface area contributed by atoms with Gasteiger partial charge in [-0.1, -0.05) is 24.3 Å². The molecule has 0 aliphatic rings. The first-order valence-electron chi connectivity index (χ1n) is 4.53. The topological polar surface area (TPSA) is 54.4 Å². The minimum atomic E-state index is -0.997. The molecule has 0 amide bonds. The van der Waals surface area contributed by atoms with Crippen molar-refractivity contribution in [2.24, 2.45) is 0 Å². The van der Waals surface area contributed by atoms with Crippen LogP contribution in [-0.4, -0.2) is 16.9 Å². The van der Waals surface area contributed by atoms with Gasteiger partial charge < -0.3 is 5.11 Å². The van der Waals surface area contributed by atoms with E-state index in [4.69, 9.17) is 5.11 Å². The first-order valence-corrected chi connectivity index (χ1v) is 4.53. The number of hydrogen-bond donors (Lipinski definition) is 1. The molecule has 0 saturated carbocycles. The van der Waals surface area contributed by atoms with Crippen molar-refractivity contribution >= 4 is 11.8 Å². The van der Waals surface area contributed by atoms with Crippen molar-refractivity contribution in [2.75, 3.05) is 0 Å². The van der Waals surface area contributed by atoms with E-state index in [1.807, 2.05) is 0 Å². The third-order valence-corrected chi connectivity index (χ3v) is 2.00. The van der Waals surface area contributed by atoms with Crippen LogP contribution in [-0.2, 0) is 11.5 Å². The minimum Gasteiger partial charge on any atom is -0.481 e. The molecule has 0 atom stereocenters. The van der Waals surface area contributed by atoms with Gasteiger partial charge in [0, 0.05) is 12.0 Å². The van der Waals surface area contributed by atoms with Gasteiger partial charge in [0.05, 0.1) is 6.42 Å². The van der Waals surface area contributed by atoms with Crippen molar-refractivity contribution in [3.63, 3.8) is 0 Å². The Morgan fingerprint density at radius 1 is 1.13 bits per heavy atom. The van der Waals surface area contributed by atoms with Gasteiger partial charge in [-0.3, -0.25) is 9.59 Å². The second-order valence-electron chi connectivity index (χ2n) is 3.15. The third-order valence-electron chi connectivity index (χ3n) is 2.00. The Balaban J connectivity index is 2.62. The van der Waals surface area contributed by atoms with Gasteiger partial charge in [-0.25, -0.2) is 4.39 Å². The van der Waals surface area contributed by atoms with Gasteiger partial charge in [-0.2, -0.15) is 0 Å². The summed E-state index contributed by atoms with van der Waals surface area (Å²) in [5.74, 6) is -1.23. The van der Waals surface area contributed by atoms with Crippen molar-refractivity contribution in [1.82, 2.24) is 0 Å². The van der Waals surface area contributed by atoms with Crippen LogP contribution in [0, 0.1) is 0 Å². The molecule has 1 aromatic carbocycles. The van der Waals surface area contributed by atoms with Crippen molar-refractivity contribution in [3.05, 3.63) is 35.4 Å². The van der Waals surface area contributed by atoms with E-state index >= 15 is 0 Å². The number of ketones is 1. The Hall–Kier alpha value is -1.71. The smallest absolute Gasteiger partial charge is 0.303 e. The van der Waals surface area contributed by atoms with Crippen LogP contribution >= 0.6 is 0 Å². The second kappa shape index (κ2) is 5.24. The molecule has 80 valence electrons. The van der Waals surface area contributed by atoms with Crippen LogP contribution in [0.4, 0.5) is 4.39 Å². The highest BCUT2D eigenvalue weighted by Crippen LogP contribution is 2.09. The fraction of sp³-hybridized carbons (Fsp3) is 0.273. The molecule has 0 spiro atoms. The zero-order valence-corrected chi connectivity index (χ0v) is 8.07. The second-order valence-corrected chi connectivity index (χ2v) is 3.15. The summed E-state index contributed by atoms with van der Waals surface area (Å²) in [6.45, 7) is -0.566. The molecule has 0 bridgehead atoms. The summed E-state index contributed by atoms with van der Waals surface area (Å²) in [6, 6.07) is 6.07. The number of alkyl halides is 1. The number of aliphatic carboxylic acids is 1. The van der Waals surface area contributed by atoms with E-state index in [1.165, 1.54) is 24.3 Å². The predicted molar refractivity (Wildman–Crippen MR) is 52.5 cm³/mol. The Morgan fingerprint density at radius 3 is 2.20 bits per heavy atom. The Kier molecular flexibility index (Phi) is 3.97. The van der Waals surface area contributed by atoms with E-state index in [9.17, 15) is 14.0 Å². The maximum absolute atomic E-state index is 12.1. The maximum atomic E-state index is 12.1. The lowest BCUT2D eigenvalue weighted by atomic mass is 10.1. The molecule has 0 aliphatic carbocycles. The van der Waals surface area contributed by atoms with Gasteiger partial charge in [-0.05, 0) is 5.56 Å². The Bertz CT molecular complexity index is 357. The van der Waals surface area contributed by atoms with Crippen molar-refractivity contribution in [1.29, 1.82) is 0 Å². The number of carboxylic acids is 1. The Morgan fingerprint density at radius 2 is 1.73 bits per heavy atom. The molecule has 1 aromatic rings. The summed E-state index contributed by atoms with van der Waals surface area (Å²) < 4.78 is 12.1. The molecule has 3 nitrogen and oxygen atoms in total. The van der Waals surface area contributed by atoms with E-state index in [0.29, 0.717) is 11.1 Å². The van der Waals surface area contributed by atoms with Crippen molar-refractivity contribution < 1.29 is 19.1 Å². The summed E-state index contributed by atoms with van der Waals surface area (Å²) in [4.78, 5) is 21.6. The molecule has 0 aromatic heterocycles. The standard InChI is InChI=1S/C11H11FO3/c12-7-8-1-3-9(4-2-8)10(13)5-6-11(14)15/h1-4H,5-7H2,(H,14,15). The minimum absolute atomic E-state index is 0.0235. The first-order chi connectivity index (χ1) is 7.13. The molecule has 0 aliphatic heterocycles. The number of Topliss-reactive ketones (excluding diaryl/α,β-unsaturated/α-hetero) is 1. The van der Waals surface area contributed by atoms with Crippen LogP contribution in [0.25, 0.3) is 0 Å². The molecule has 1 N–H and O–H groups in total. The molecular formula is C11H11FO3. The molecule has 0 unspecified atom stereocenters. The van der Waals surface area contributed by atoms with Gasteiger partial charge in [0.25, 0.3) is 0 Å². The number of rotatable bonds is 5. The average Bonchev–Trinajstić information content (AvgIpc) is 2.26. The van der Waals surface area contributed by atoms with Gasteiger partial charge in [0.2, 0.25) is 0 Å². The van der Waals surface area contributed by atoms with E-state index in [0.717, 1.165) is 0 Å². The molecule has 4 heteroatoms. The lowest BCUT2D eigenvalue weighted by molar-refractivity contribution is -0.136. The quantitative estimate of drug-likeness (QED) is 0.758. The molecule has 0 heterocycles. The number of halogens is 1.